The molecular formula is C14H22N2O4S. The standard InChI is InChI=1S/C14H22N2O4S/c1-4-15(8-6-12(18)20-3)13(19)10-9-21-14(2)7-5-11(17)16(10)14/h10H,4-9H2,1-3H3. The number of likely N-dealkylation sites (N-methyl/N-ethyl adjacent to an activating group) is 1. The van der Waals surface area contributed by atoms with Gasteiger partial charge >= 0.3 is 5.97 Å². The summed E-state index contributed by atoms with van der Waals surface area (Å²) in [7, 11) is 1.34. The number of carbonyl (C=O) groups excluding carboxylic acids is 3. The van der Waals surface area contributed by atoms with Gasteiger partial charge in [-0.15, -0.1) is 11.8 Å². The second kappa shape index (κ2) is 6.25. The Labute approximate surface area is 129 Å². The molecule has 0 aromatic carbocycles. The molecule has 118 valence electrons. The predicted molar refractivity (Wildman–Crippen MR) is 79.6 cm³/mol. The highest BCUT2D eigenvalue weighted by Crippen LogP contribution is 2.47. The van der Waals surface area contributed by atoms with Crippen LogP contribution in [-0.4, -0.2) is 64.4 Å². The fourth-order valence-corrected chi connectivity index (χ4v) is 4.39. The highest BCUT2D eigenvalue weighted by Gasteiger charge is 2.53. The van der Waals surface area contributed by atoms with Crippen molar-refractivity contribution in [2.24, 2.45) is 0 Å². The Kier molecular flexibility index (Phi) is 4.81. The van der Waals surface area contributed by atoms with Crippen molar-refractivity contribution in [3.8, 4) is 0 Å². The van der Waals surface area contributed by atoms with Gasteiger partial charge in [0.25, 0.3) is 0 Å². The van der Waals surface area contributed by atoms with Gasteiger partial charge in [0.1, 0.15) is 6.04 Å². The van der Waals surface area contributed by atoms with Crippen molar-refractivity contribution in [1.29, 1.82) is 0 Å². The molecule has 2 fully saturated rings. The summed E-state index contributed by atoms with van der Waals surface area (Å²) < 4.78 is 4.61. The largest absolute Gasteiger partial charge is 0.469 e. The Balaban J connectivity index is 2.04. The van der Waals surface area contributed by atoms with Crippen LogP contribution in [0.3, 0.4) is 0 Å². The lowest BCUT2D eigenvalue weighted by Crippen LogP contribution is -2.51. The van der Waals surface area contributed by atoms with Crippen molar-refractivity contribution in [2.45, 2.75) is 44.0 Å². The molecule has 2 saturated heterocycles. The van der Waals surface area contributed by atoms with Crippen molar-refractivity contribution in [2.75, 3.05) is 26.0 Å². The Hall–Kier alpha value is -1.24. The molecule has 0 spiro atoms. The fourth-order valence-electron chi connectivity index (χ4n) is 2.97. The van der Waals surface area contributed by atoms with E-state index in [1.165, 1.54) is 7.11 Å². The van der Waals surface area contributed by atoms with E-state index in [4.69, 9.17) is 0 Å². The first-order chi connectivity index (χ1) is 9.92. The number of fused-ring (bicyclic) bond motifs is 1. The number of hydrogen-bond donors (Lipinski definition) is 0. The minimum atomic E-state index is -0.396. The molecular weight excluding hydrogens is 292 g/mol. The van der Waals surface area contributed by atoms with Crippen molar-refractivity contribution in [1.82, 2.24) is 9.80 Å². The molecule has 2 heterocycles. The van der Waals surface area contributed by atoms with E-state index in [1.807, 2.05) is 13.8 Å². The van der Waals surface area contributed by atoms with Crippen LogP contribution in [-0.2, 0) is 19.1 Å². The van der Waals surface area contributed by atoms with Gasteiger partial charge in [0.05, 0.1) is 18.4 Å². The van der Waals surface area contributed by atoms with Crippen LogP contribution >= 0.6 is 11.8 Å². The summed E-state index contributed by atoms with van der Waals surface area (Å²) in [5.41, 5.74) is 0. The Morgan fingerprint density at radius 1 is 1.52 bits per heavy atom. The van der Waals surface area contributed by atoms with Crippen LogP contribution in [0.1, 0.15) is 33.1 Å². The minimum absolute atomic E-state index is 0.0601. The fraction of sp³-hybridized carbons (Fsp3) is 0.786. The van der Waals surface area contributed by atoms with Gasteiger partial charge < -0.3 is 14.5 Å². The number of hydrogen-bond acceptors (Lipinski definition) is 5. The summed E-state index contributed by atoms with van der Waals surface area (Å²) in [5.74, 6) is 0.303. The number of methoxy groups -OCH3 is 1. The van der Waals surface area contributed by atoms with E-state index < -0.39 is 6.04 Å². The van der Waals surface area contributed by atoms with E-state index in [0.29, 0.717) is 25.3 Å². The highest BCUT2D eigenvalue weighted by atomic mass is 32.2. The molecule has 0 saturated carbocycles. The summed E-state index contributed by atoms with van der Waals surface area (Å²) in [5, 5.41) is 0. The molecule has 7 heteroatoms. The molecule has 2 aliphatic heterocycles. The van der Waals surface area contributed by atoms with Gasteiger partial charge in [-0.1, -0.05) is 0 Å². The molecule has 0 radical (unpaired) electrons. The zero-order valence-electron chi connectivity index (χ0n) is 12.8. The summed E-state index contributed by atoms with van der Waals surface area (Å²) in [6.45, 7) is 4.76. The third-order valence-electron chi connectivity index (χ3n) is 4.24. The highest BCUT2D eigenvalue weighted by molar-refractivity contribution is 8.01. The van der Waals surface area contributed by atoms with Gasteiger partial charge in [-0.3, -0.25) is 14.4 Å². The van der Waals surface area contributed by atoms with Gasteiger partial charge in [0, 0.05) is 25.3 Å². The topological polar surface area (TPSA) is 66.9 Å². The van der Waals surface area contributed by atoms with E-state index in [9.17, 15) is 14.4 Å². The quantitative estimate of drug-likeness (QED) is 0.704. The van der Waals surface area contributed by atoms with Crippen LogP contribution in [0.4, 0.5) is 0 Å². The molecule has 2 amide bonds. The number of amides is 2. The Morgan fingerprint density at radius 3 is 2.86 bits per heavy atom. The van der Waals surface area contributed by atoms with Gasteiger partial charge in [0.2, 0.25) is 11.8 Å². The molecule has 0 N–H and O–H groups in total. The molecule has 21 heavy (non-hydrogen) atoms. The van der Waals surface area contributed by atoms with Gasteiger partial charge in [-0.25, -0.2) is 0 Å². The summed E-state index contributed by atoms with van der Waals surface area (Å²) in [4.78, 5) is 39.1. The zero-order valence-corrected chi connectivity index (χ0v) is 13.6. The first kappa shape index (κ1) is 16.1. The molecule has 2 unspecified atom stereocenters. The number of ether oxygens (including phenoxy) is 1. The summed E-state index contributed by atoms with van der Waals surface area (Å²) in [6, 6.07) is -0.396. The van der Waals surface area contributed by atoms with Gasteiger partial charge in [-0.2, -0.15) is 0 Å². The van der Waals surface area contributed by atoms with Gasteiger partial charge in [-0.05, 0) is 20.3 Å². The average Bonchev–Trinajstić information content (AvgIpc) is 2.96. The maximum Gasteiger partial charge on any atom is 0.307 e. The predicted octanol–water partition coefficient (Wildman–Crippen LogP) is 0.852. The van der Waals surface area contributed by atoms with Crippen LogP contribution in [0, 0.1) is 0 Å². The number of carbonyl (C=O) groups is 3. The second-order valence-electron chi connectivity index (χ2n) is 5.51. The molecule has 0 aromatic heterocycles. The van der Waals surface area contributed by atoms with Crippen LogP contribution < -0.4 is 0 Å². The molecule has 0 bridgehead atoms. The number of esters is 1. The lowest BCUT2D eigenvalue weighted by molar-refractivity contribution is -0.145. The maximum absolute atomic E-state index is 12.7. The molecule has 6 nitrogen and oxygen atoms in total. The molecule has 0 aromatic rings. The van der Waals surface area contributed by atoms with E-state index in [0.717, 1.165) is 6.42 Å². The average molecular weight is 314 g/mol. The Morgan fingerprint density at radius 2 is 2.24 bits per heavy atom. The molecule has 2 atom stereocenters. The third-order valence-corrected chi connectivity index (χ3v) is 5.74. The first-order valence-electron chi connectivity index (χ1n) is 7.24. The number of rotatable bonds is 5. The SMILES string of the molecule is CCN(CCC(=O)OC)C(=O)C1CSC2(C)CCC(=O)N12. The lowest BCUT2D eigenvalue weighted by atomic mass is 10.2. The van der Waals surface area contributed by atoms with E-state index in [1.54, 1.807) is 21.6 Å². The van der Waals surface area contributed by atoms with Crippen LogP contribution in [0.5, 0.6) is 0 Å². The van der Waals surface area contributed by atoms with Crippen LogP contribution in [0.15, 0.2) is 0 Å². The normalized spacial score (nSPS) is 27.7. The van der Waals surface area contributed by atoms with Crippen molar-refractivity contribution in [3.05, 3.63) is 0 Å². The van der Waals surface area contributed by atoms with Gasteiger partial charge in [0.15, 0.2) is 0 Å². The van der Waals surface area contributed by atoms with E-state index in [-0.39, 0.29) is 29.1 Å². The summed E-state index contributed by atoms with van der Waals surface area (Å²) in [6.07, 6.45) is 1.50. The van der Waals surface area contributed by atoms with Crippen molar-refractivity contribution >= 4 is 29.5 Å². The minimum Gasteiger partial charge on any atom is -0.469 e. The first-order valence-corrected chi connectivity index (χ1v) is 8.23. The number of thioether (sulfide) groups is 1. The van der Waals surface area contributed by atoms with Crippen molar-refractivity contribution in [3.63, 3.8) is 0 Å². The van der Waals surface area contributed by atoms with E-state index >= 15 is 0 Å². The molecule has 0 aliphatic carbocycles. The molecule has 2 rings (SSSR count). The summed E-state index contributed by atoms with van der Waals surface area (Å²) >= 11 is 1.68. The third kappa shape index (κ3) is 3.02. The number of nitrogens with zero attached hydrogens (tertiary/aromatic N) is 2. The Bertz CT molecular complexity index is 456. The lowest BCUT2D eigenvalue weighted by Gasteiger charge is -2.32. The molecule has 2 aliphatic rings. The van der Waals surface area contributed by atoms with Crippen LogP contribution in [0.2, 0.25) is 0 Å². The zero-order chi connectivity index (χ0) is 15.6. The van der Waals surface area contributed by atoms with Crippen molar-refractivity contribution < 1.29 is 19.1 Å². The second-order valence-corrected chi connectivity index (χ2v) is 7.01. The smallest absolute Gasteiger partial charge is 0.307 e. The van der Waals surface area contributed by atoms with E-state index in [2.05, 4.69) is 4.74 Å². The monoisotopic (exact) mass is 314 g/mol. The van der Waals surface area contributed by atoms with Crippen LogP contribution in [0.25, 0.3) is 0 Å². The maximum atomic E-state index is 12.7.